The van der Waals surface area contributed by atoms with Crippen LogP contribution in [0.5, 0.6) is 0 Å². The van der Waals surface area contributed by atoms with Crippen molar-refractivity contribution in [3.8, 4) is 0 Å². The molecule has 0 spiro atoms. The Hall–Kier alpha value is -0.360. The monoisotopic (exact) mass is 234 g/mol. The Bertz CT molecular complexity index is 291. The van der Waals surface area contributed by atoms with Crippen LogP contribution in [0, 0.1) is 6.92 Å². The van der Waals surface area contributed by atoms with Crippen molar-refractivity contribution in [3.05, 3.63) is 17.0 Å². The average Bonchev–Trinajstić information content (AvgIpc) is 2.12. The number of aliphatic hydroxyl groups is 2. The second-order valence-corrected chi connectivity index (χ2v) is 4.15. The molecule has 0 radical (unpaired) electrons. The number of nitrogens with zero attached hydrogens (tertiary/aromatic N) is 2. The molecule has 0 amide bonds. The molecule has 1 atom stereocenters. The molecule has 4 nitrogen and oxygen atoms in total. The molecule has 0 unspecified atom stereocenters. The predicted octanol–water partition coefficient (Wildman–Crippen LogP) is 0.884. The van der Waals surface area contributed by atoms with Gasteiger partial charge in [-0.05, 0) is 6.92 Å². The summed E-state index contributed by atoms with van der Waals surface area (Å²) >= 11 is 7.06. The SMILES string of the molecule is Cc1nc(Cl)cc(SC[C@@H](O)CO)n1. The summed E-state index contributed by atoms with van der Waals surface area (Å²) in [6, 6.07) is 1.63. The van der Waals surface area contributed by atoms with Crippen molar-refractivity contribution in [2.45, 2.75) is 18.1 Å². The minimum atomic E-state index is -0.728. The van der Waals surface area contributed by atoms with E-state index in [1.54, 1.807) is 13.0 Å². The third-order valence-electron chi connectivity index (χ3n) is 1.42. The molecular formula is C8H11ClN2O2S. The van der Waals surface area contributed by atoms with Crippen LogP contribution in [0.25, 0.3) is 0 Å². The van der Waals surface area contributed by atoms with Gasteiger partial charge in [0.1, 0.15) is 16.0 Å². The molecule has 0 aromatic carbocycles. The fourth-order valence-corrected chi connectivity index (χ4v) is 1.96. The number of halogens is 1. The maximum Gasteiger partial charge on any atom is 0.133 e. The van der Waals surface area contributed by atoms with Gasteiger partial charge in [0, 0.05) is 11.8 Å². The van der Waals surface area contributed by atoms with Crippen molar-refractivity contribution in [1.29, 1.82) is 0 Å². The summed E-state index contributed by atoms with van der Waals surface area (Å²) in [4.78, 5) is 8.03. The Balaban J connectivity index is 2.58. The van der Waals surface area contributed by atoms with Crippen LogP contribution in [0.3, 0.4) is 0 Å². The Labute approximate surface area is 91.3 Å². The highest BCUT2D eigenvalue weighted by Gasteiger charge is 2.05. The molecule has 2 N–H and O–H groups in total. The number of aromatic nitrogens is 2. The number of aliphatic hydroxyl groups excluding tert-OH is 2. The Morgan fingerprint density at radius 1 is 1.57 bits per heavy atom. The molecule has 1 rings (SSSR count). The molecule has 1 aromatic rings. The topological polar surface area (TPSA) is 66.2 Å². The van der Waals surface area contributed by atoms with Crippen molar-refractivity contribution in [2.75, 3.05) is 12.4 Å². The minimum absolute atomic E-state index is 0.245. The highest BCUT2D eigenvalue weighted by Crippen LogP contribution is 2.19. The van der Waals surface area contributed by atoms with Crippen molar-refractivity contribution in [1.82, 2.24) is 9.97 Å². The lowest BCUT2D eigenvalue weighted by atomic mass is 10.4. The van der Waals surface area contributed by atoms with Gasteiger partial charge in [0.2, 0.25) is 0 Å². The quantitative estimate of drug-likeness (QED) is 0.598. The maximum atomic E-state index is 9.11. The van der Waals surface area contributed by atoms with Crippen molar-refractivity contribution < 1.29 is 10.2 Å². The van der Waals surface area contributed by atoms with Crippen molar-refractivity contribution in [2.24, 2.45) is 0 Å². The van der Waals surface area contributed by atoms with E-state index in [2.05, 4.69) is 9.97 Å². The van der Waals surface area contributed by atoms with Gasteiger partial charge < -0.3 is 10.2 Å². The zero-order chi connectivity index (χ0) is 10.6. The van der Waals surface area contributed by atoms with E-state index in [9.17, 15) is 0 Å². The molecule has 1 heterocycles. The van der Waals surface area contributed by atoms with Crippen LogP contribution in [0.15, 0.2) is 11.1 Å². The van der Waals surface area contributed by atoms with Crippen LogP contribution in [0.1, 0.15) is 5.82 Å². The number of hydrogen-bond acceptors (Lipinski definition) is 5. The van der Waals surface area contributed by atoms with E-state index in [1.165, 1.54) is 11.8 Å². The second-order valence-electron chi connectivity index (χ2n) is 2.72. The van der Waals surface area contributed by atoms with E-state index in [0.717, 1.165) is 0 Å². The lowest BCUT2D eigenvalue weighted by molar-refractivity contribution is 0.113. The van der Waals surface area contributed by atoms with Crippen LogP contribution in [-0.4, -0.2) is 38.6 Å². The number of hydrogen-bond donors (Lipinski definition) is 2. The normalized spacial score (nSPS) is 12.9. The summed E-state index contributed by atoms with van der Waals surface area (Å²) in [6.07, 6.45) is -0.728. The zero-order valence-corrected chi connectivity index (χ0v) is 9.22. The summed E-state index contributed by atoms with van der Waals surface area (Å²) in [5.41, 5.74) is 0. The van der Waals surface area contributed by atoms with E-state index < -0.39 is 6.10 Å². The molecule has 0 aliphatic carbocycles. The predicted molar refractivity (Wildman–Crippen MR) is 55.6 cm³/mol. The zero-order valence-electron chi connectivity index (χ0n) is 7.64. The molecule has 0 bridgehead atoms. The van der Waals surface area contributed by atoms with Gasteiger partial charge in [-0.25, -0.2) is 9.97 Å². The van der Waals surface area contributed by atoms with Gasteiger partial charge in [-0.15, -0.1) is 11.8 Å². The molecular weight excluding hydrogens is 224 g/mol. The summed E-state index contributed by atoms with van der Waals surface area (Å²) < 4.78 is 0. The average molecular weight is 235 g/mol. The van der Waals surface area contributed by atoms with Gasteiger partial charge in [-0.3, -0.25) is 0 Å². The summed E-state index contributed by atoms with van der Waals surface area (Å²) in [7, 11) is 0. The summed E-state index contributed by atoms with van der Waals surface area (Å²) in [5.74, 6) is 0.988. The fraction of sp³-hybridized carbons (Fsp3) is 0.500. The van der Waals surface area contributed by atoms with Crippen LogP contribution < -0.4 is 0 Å². The standard InChI is InChI=1S/C8H11ClN2O2S/c1-5-10-7(9)2-8(11-5)14-4-6(13)3-12/h2,6,12-13H,3-4H2,1H3/t6-/m0/s1. The molecule has 0 fully saturated rings. The fourth-order valence-electron chi connectivity index (χ4n) is 0.814. The first kappa shape index (κ1) is 11.7. The van der Waals surface area contributed by atoms with E-state index >= 15 is 0 Å². The van der Waals surface area contributed by atoms with Crippen molar-refractivity contribution >= 4 is 23.4 Å². The highest BCUT2D eigenvalue weighted by molar-refractivity contribution is 7.99. The molecule has 0 aliphatic rings. The molecule has 0 saturated carbocycles. The summed E-state index contributed by atoms with van der Waals surface area (Å²) in [6.45, 7) is 1.50. The van der Waals surface area contributed by atoms with E-state index in [0.29, 0.717) is 21.8 Å². The molecule has 0 aliphatic heterocycles. The first-order chi connectivity index (χ1) is 6.61. The molecule has 78 valence electrons. The first-order valence-electron chi connectivity index (χ1n) is 4.04. The second kappa shape index (κ2) is 5.50. The highest BCUT2D eigenvalue weighted by atomic mass is 35.5. The lowest BCUT2D eigenvalue weighted by Crippen LogP contribution is -2.14. The van der Waals surface area contributed by atoms with Crippen LogP contribution in [0.2, 0.25) is 5.15 Å². The largest absolute Gasteiger partial charge is 0.394 e. The number of aryl methyl sites for hydroxylation is 1. The van der Waals surface area contributed by atoms with E-state index in [-0.39, 0.29) is 6.61 Å². The maximum absolute atomic E-state index is 9.11. The lowest BCUT2D eigenvalue weighted by Gasteiger charge is -2.06. The molecule has 14 heavy (non-hydrogen) atoms. The van der Waals surface area contributed by atoms with Gasteiger partial charge in [0.05, 0.1) is 12.7 Å². The molecule has 6 heteroatoms. The Morgan fingerprint density at radius 2 is 2.29 bits per heavy atom. The Morgan fingerprint density at radius 3 is 2.86 bits per heavy atom. The van der Waals surface area contributed by atoms with E-state index in [4.69, 9.17) is 21.8 Å². The Kier molecular flexibility index (Phi) is 4.60. The van der Waals surface area contributed by atoms with Crippen LogP contribution in [0.4, 0.5) is 0 Å². The third kappa shape index (κ3) is 3.79. The first-order valence-corrected chi connectivity index (χ1v) is 5.41. The minimum Gasteiger partial charge on any atom is -0.394 e. The van der Waals surface area contributed by atoms with Gasteiger partial charge >= 0.3 is 0 Å². The van der Waals surface area contributed by atoms with Gasteiger partial charge in [0.25, 0.3) is 0 Å². The van der Waals surface area contributed by atoms with Gasteiger partial charge in [-0.2, -0.15) is 0 Å². The van der Waals surface area contributed by atoms with Crippen LogP contribution >= 0.6 is 23.4 Å². The van der Waals surface area contributed by atoms with E-state index in [1.807, 2.05) is 0 Å². The summed E-state index contributed by atoms with van der Waals surface area (Å²) in [5, 5.41) is 18.8. The molecule has 0 saturated heterocycles. The smallest absolute Gasteiger partial charge is 0.133 e. The molecule has 1 aromatic heterocycles. The van der Waals surface area contributed by atoms with Gasteiger partial charge in [0.15, 0.2) is 0 Å². The van der Waals surface area contributed by atoms with Crippen LogP contribution in [-0.2, 0) is 0 Å². The third-order valence-corrected chi connectivity index (χ3v) is 2.67. The number of rotatable bonds is 4. The van der Waals surface area contributed by atoms with Gasteiger partial charge in [-0.1, -0.05) is 11.6 Å². The number of thioether (sulfide) groups is 1. The van der Waals surface area contributed by atoms with Crippen molar-refractivity contribution in [3.63, 3.8) is 0 Å².